The van der Waals surface area contributed by atoms with Crippen molar-refractivity contribution in [3.63, 3.8) is 0 Å². The van der Waals surface area contributed by atoms with Gasteiger partial charge >= 0.3 is 11.9 Å². The van der Waals surface area contributed by atoms with E-state index >= 15 is 0 Å². The first-order valence-electron chi connectivity index (χ1n) is 9.30. The Morgan fingerprint density at radius 1 is 1.14 bits per heavy atom. The second-order valence-corrected chi connectivity index (χ2v) is 6.41. The molecular formula is C20H29NO7. The number of carbonyl (C=O) groups excluding carboxylic acids is 3. The minimum Gasteiger partial charge on any atom is -0.464 e. The zero-order chi connectivity index (χ0) is 20.8. The van der Waals surface area contributed by atoms with Crippen LogP contribution in [-0.2, 0) is 28.5 Å². The third kappa shape index (κ3) is 9.57. The first kappa shape index (κ1) is 23.7. The molecule has 0 radical (unpaired) electrons. The highest BCUT2D eigenvalue weighted by atomic mass is 16.6. The van der Waals surface area contributed by atoms with E-state index in [1.165, 1.54) is 13.3 Å². The van der Waals surface area contributed by atoms with Gasteiger partial charge in [0.25, 0.3) is 0 Å². The summed E-state index contributed by atoms with van der Waals surface area (Å²) in [6, 6.07) is 3.22. The lowest BCUT2D eigenvalue weighted by molar-refractivity contribution is -0.151. The molecule has 8 heteroatoms. The number of hydrogen-bond acceptors (Lipinski definition) is 8. The average molecular weight is 395 g/mol. The van der Waals surface area contributed by atoms with Gasteiger partial charge < -0.3 is 18.9 Å². The number of rotatable bonds is 14. The van der Waals surface area contributed by atoms with Gasteiger partial charge in [0.2, 0.25) is 0 Å². The Morgan fingerprint density at radius 2 is 1.89 bits per heavy atom. The Kier molecular flexibility index (Phi) is 11.7. The number of methoxy groups -OCH3 is 1. The number of Topliss-reactive ketones (excluding diaryl/α,β-unsaturated/α-hetero) is 1. The van der Waals surface area contributed by atoms with Crippen molar-refractivity contribution in [2.45, 2.75) is 26.7 Å². The second kappa shape index (κ2) is 13.8. The summed E-state index contributed by atoms with van der Waals surface area (Å²) in [7, 11) is 1.54. The standard InChI is InChI=1S/C20H29NO7/c1-4-15(2)18(22)10-16(12-27-19(23)14-26-9-8-25-3)13-28-20(24)17-6-5-7-21-11-17/h5-7,11,15-16H,4,8-10,12-14H2,1-3H3. The molecule has 1 rings (SSSR count). The predicted octanol–water partition coefficient (Wildman–Crippen LogP) is 2.07. The highest BCUT2D eigenvalue weighted by Gasteiger charge is 2.21. The Labute approximate surface area is 165 Å². The van der Waals surface area contributed by atoms with Crippen molar-refractivity contribution in [3.8, 4) is 0 Å². The molecule has 2 atom stereocenters. The third-order valence-electron chi connectivity index (χ3n) is 4.13. The normalized spacial score (nSPS) is 12.8. The zero-order valence-corrected chi connectivity index (χ0v) is 16.7. The Balaban J connectivity index is 2.54. The number of pyridine rings is 1. The summed E-state index contributed by atoms with van der Waals surface area (Å²) in [5, 5.41) is 0. The van der Waals surface area contributed by atoms with Gasteiger partial charge in [0.15, 0.2) is 0 Å². The summed E-state index contributed by atoms with van der Waals surface area (Å²) in [5.41, 5.74) is 0.318. The molecule has 0 aromatic carbocycles. The lowest BCUT2D eigenvalue weighted by Gasteiger charge is -2.18. The van der Waals surface area contributed by atoms with Gasteiger partial charge in [0, 0.05) is 37.8 Å². The minimum absolute atomic E-state index is 0.0328. The van der Waals surface area contributed by atoms with Crippen molar-refractivity contribution in [2.24, 2.45) is 11.8 Å². The van der Waals surface area contributed by atoms with E-state index in [0.717, 1.165) is 0 Å². The maximum atomic E-state index is 12.3. The molecule has 0 spiro atoms. The molecule has 0 aliphatic carbocycles. The zero-order valence-electron chi connectivity index (χ0n) is 16.7. The number of ketones is 1. The van der Waals surface area contributed by atoms with E-state index in [1.54, 1.807) is 18.3 Å². The molecule has 28 heavy (non-hydrogen) atoms. The van der Waals surface area contributed by atoms with Crippen LogP contribution >= 0.6 is 0 Å². The van der Waals surface area contributed by atoms with Crippen LogP contribution in [-0.4, -0.2) is 62.9 Å². The number of carbonyl (C=O) groups is 3. The number of aromatic nitrogens is 1. The van der Waals surface area contributed by atoms with Gasteiger partial charge in [-0.1, -0.05) is 13.8 Å². The van der Waals surface area contributed by atoms with Crippen molar-refractivity contribution in [1.82, 2.24) is 4.98 Å². The van der Waals surface area contributed by atoms with E-state index in [4.69, 9.17) is 18.9 Å². The first-order valence-corrected chi connectivity index (χ1v) is 9.30. The van der Waals surface area contributed by atoms with Gasteiger partial charge in [-0.2, -0.15) is 0 Å². The molecule has 0 aliphatic heterocycles. The monoisotopic (exact) mass is 395 g/mol. The molecule has 1 aromatic heterocycles. The third-order valence-corrected chi connectivity index (χ3v) is 4.13. The topological polar surface area (TPSA) is 101 Å². The second-order valence-electron chi connectivity index (χ2n) is 6.41. The van der Waals surface area contributed by atoms with Crippen LogP contribution in [0.2, 0.25) is 0 Å². The van der Waals surface area contributed by atoms with Gasteiger partial charge in [-0.25, -0.2) is 9.59 Å². The smallest absolute Gasteiger partial charge is 0.339 e. The Bertz CT molecular complexity index is 606. The van der Waals surface area contributed by atoms with Crippen LogP contribution < -0.4 is 0 Å². The number of hydrogen-bond donors (Lipinski definition) is 0. The minimum atomic E-state index is -0.546. The van der Waals surface area contributed by atoms with Gasteiger partial charge in [-0.3, -0.25) is 9.78 Å². The van der Waals surface area contributed by atoms with Crippen molar-refractivity contribution in [2.75, 3.05) is 40.1 Å². The molecule has 0 saturated carbocycles. The molecule has 8 nitrogen and oxygen atoms in total. The summed E-state index contributed by atoms with van der Waals surface area (Å²) < 4.78 is 20.4. The van der Waals surface area contributed by atoms with Crippen LogP contribution in [0.3, 0.4) is 0 Å². The number of ether oxygens (including phenoxy) is 4. The van der Waals surface area contributed by atoms with E-state index in [0.29, 0.717) is 18.6 Å². The van der Waals surface area contributed by atoms with E-state index in [1.807, 2.05) is 13.8 Å². The molecule has 0 saturated heterocycles. The molecule has 0 N–H and O–H groups in total. The van der Waals surface area contributed by atoms with E-state index in [-0.39, 0.29) is 44.5 Å². The van der Waals surface area contributed by atoms with Crippen molar-refractivity contribution >= 4 is 17.7 Å². The van der Waals surface area contributed by atoms with Crippen LogP contribution in [0.15, 0.2) is 24.5 Å². The molecule has 0 amide bonds. The number of nitrogens with zero attached hydrogens (tertiary/aromatic N) is 1. The molecule has 0 aliphatic rings. The average Bonchev–Trinajstić information content (AvgIpc) is 2.72. The molecule has 1 heterocycles. The van der Waals surface area contributed by atoms with Crippen LogP contribution in [0.1, 0.15) is 37.0 Å². The van der Waals surface area contributed by atoms with E-state index < -0.39 is 17.9 Å². The van der Waals surface area contributed by atoms with E-state index in [2.05, 4.69) is 4.98 Å². The highest BCUT2D eigenvalue weighted by Crippen LogP contribution is 2.14. The molecule has 1 aromatic rings. The summed E-state index contributed by atoms with van der Waals surface area (Å²) in [4.78, 5) is 40.0. The predicted molar refractivity (Wildman–Crippen MR) is 101 cm³/mol. The Hall–Kier alpha value is -2.32. The van der Waals surface area contributed by atoms with Crippen LogP contribution in [0.25, 0.3) is 0 Å². The molecule has 0 fully saturated rings. The van der Waals surface area contributed by atoms with E-state index in [9.17, 15) is 14.4 Å². The fourth-order valence-corrected chi connectivity index (χ4v) is 2.19. The summed E-state index contributed by atoms with van der Waals surface area (Å²) in [6.07, 6.45) is 3.83. The molecule has 156 valence electrons. The largest absolute Gasteiger partial charge is 0.464 e. The van der Waals surface area contributed by atoms with Crippen molar-refractivity contribution < 1.29 is 33.3 Å². The summed E-state index contributed by atoms with van der Waals surface area (Å²) in [6.45, 7) is 4.16. The lowest BCUT2D eigenvalue weighted by Crippen LogP contribution is -2.26. The maximum Gasteiger partial charge on any atom is 0.339 e. The van der Waals surface area contributed by atoms with Crippen LogP contribution in [0.4, 0.5) is 0 Å². The van der Waals surface area contributed by atoms with Gasteiger partial charge in [-0.15, -0.1) is 0 Å². The highest BCUT2D eigenvalue weighted by molar-refractivity contribution is 5.89. The fraction of sp³-hybridized carbons (Fsp3) is 0.600. The lowest BCUT2D eigenvalue weighted by atomic mass is 9.94. The SMILES string of the molecule is CCC(C)C(=O)CC(COC(=O)COCCOC)COC(=O)c1cccnc1. The molecular weight excluding hydrogens is 366 g/mol. The molecule has 2 unspecified atom stereocenters. The van der Waals surface area contributed by atoms with Gasteiger partial charge in [-0.05, 0) is 18.6 Å². The Morgan fingerprint density at radius 3 is 2.54 bits per heavy atom. The van der Waals surface area contributed by atoms with Crippen molar-refractivity contribution in [3.05, 3.63) is 30.1 Å². The van der Waals surface area contributed by atoms with Gasteiger partial charge in [0.1, 0.15) is 12.4 Å². The van der Waals surface area contributed by atoms with Crippen LogP contribution in [0.5, 0.6) is 0 Å². The summed E-state index contributed by atoms with van der Waals surface area (Å²) in [5.74, 6) is -1.58. The molecule has 0 bridgehead atoms. The van der Waals surface area contributed by atoms with Crippen LogP contribution in [0, 0.1) is 11.8 Å². The first-order chi connectivity index (χ1) is 13.5. The van der Waals surface area contributed by atoms with Crippen molar-refractivity contribution in [1.29, 1.82) is 0 Å². The fourth-order valence-electron chi connectivity index (χ4n) is 2.19. The summed E-state index contributed by atoms with van der Waals surface area (Å²) >= 11 is 0. The maximum absolute atomic E-state index is 12.3. The quantitative estimate of drug-likeness (QED) is 0.348. The number of esters is 2. The van der Waals surface area contributed by atoms with Gasteiger partial charge in [0.05, 0.1) is 32.0 Å².